The Morgan fingerprint density at radius 3 is 2.87 bits per heavy atom. The van der Waals surface area contributed by atoms with E-state index in [1.54, 1.807) is 23.7 Å². The van der Waals surface area contributed by atoms with Gasteiger partial charge in [0.25, 0.3) is 0 Å². The van der Waals surface area contributed by atoms with Crippen LogP contribution in [-0.2, 0) is 4.79 Å². The lowest BCUT2D eigenvalue weighted by molar-refractivity contribution is -0.116. The number of hydrogen-bond acceptors (Lipinski definition) is 4. The molecule has 2 aromatic rings. The lowest BCUT2D eigenvalue weighted by atomic mass is 10.1. The molecule has 1 aliphatic heterocycles. The fourth-order valence-corrected chi connectivity index (χ4v) is 3.54. The highest BCUT2D eigenvalue weighted by Gasteiger charge is 2.24. The van der Waals surface area contributed by atoms with Crippen LogP contribution in [0.25, 0.3) is 6.08 Å². The average Bonchev–Trinajstić information content (AvgIpc) is 3.28. The number of carbonyl (C=O) groups is 1. The number of likely N-dealkylation sites (tertiary alicyclic amines) is 1. The molecule has 1 amide bonds. The van der Waals surface area contributed by atoms with Crippen molar-refractivity contribution in [1.29, 1.82) is 0 Å². The second-order valence-electron chi connectivity index (χ2n) is 5.72. The van der Waals surface area contributed by atoms with Crippen LogP contribution < -0.4 is 5.32 Å². The van der Waals surface area contributed by atoms with Gasteiger partial charge in [0.15, 0.2) is 0 Å². The highest BCUT2D eigenvalue weighted by molar-refractivity contribution is 7.10. The maximum absolute atomic E-state index is 12.1. The Balaban J connectivity index is 1.58. The minimum atomic E-state index is -0.0630. The van der Waals surface area contributed by atoms with Crippen LogP contribution in [0.15, 0.2) is 46.4 Å². The number of thiophene rings is 1. The number of nitrogens with one attached hydrogen (secondary N) is 1. The lowest BCUT2D eigenvalue weighted by Gasteiger charge is -2.33. The summed E-state index contributed by atoms with van der Waals surface area (Å²) in [5.74, 6) is 0.862. The first-order valence-electron chi connectivity index (χ1n) is 8.10. The molecular formula is C18H22N2O2S. The van der Waals surface area contributed by atoms with Gasteiger partial charge >= 0.3 is 0 Å². The van der Waals surface area contributed by atoms with Crippen molar-refractivity contribution >= 4 is 23.3 Å². The Labute approximate surface area is 140 Å². The first-order chi connectivity index (χ1) is 11.3. The zero-order valence-electron chi connectivity index (χ0n) is 13.1. The van der Waals surface area contributed by atoms with E-state index in [9.17, 15) is 4.79 Å². The molecule has 1 fully saturated rings. The molecule has 2 aromatic heterocycles. The van der Waals surface area contributed by atoms with Gasteiger partial charge in [-0.2, -0.15) is 0 Å². The van der Waals surface area contributed by atoms with Crippen molar-refractivity contribution in [1.82, 2.24) is 10.2 Å². The first-order valence-corrected chi connectivity index (χ1v) is 8.98. The molecule has 0 aromatic carbocycles. The predicted molar refractivity (Wildman–Crippen MR) is 93.2 cm³/mol. The molecule has 0 saturated carbocycles. The number of nitrogens with zero attached hydrogens (tertiary/aromatic N) is 1. The molecule has 0 aliphatic carbocycles. The van der Waals surface area contributed by atoms with Crippen molar-refractivity contribution in [2.45, 2.75) is 25.3 Å². The minimum Gasteiger partial charge on any atom is -0.468 e. The van der Waals surface area contributed by atoms with Crippen LogP contribution in [0.3, 0.4) is 0 Å². The standard InChI is InChI=1S/C18H22N2O2S/c21-18(9-8-15-6-5-13-23-15)19-14-16(17-7-4-12-22-17)20-10-2-1-3-11-20/h4-9,12-13,16H,1-3,10-11,14H2,(H,19,21)/b9-8+. The van der Waals surface area contributed by atoms with Crippen LogP contribution in [0.4, 0.5) is 0 Å². The van der Waals surface area contributed by atoms with Gasteiger partial charge < -0.3 is 9.73 Å². The topological polar surface area (TPSA) is 45.5 Å². The smallest absolute Gasteiger partial charge is 0.244 e. The van der Waals surface area contributed by atoms with Crippen LogP contribution in [-0.4, -0.2) is 30.4 Å². The van der Waals surface area contributed by atoms with E-state index in [1.165, 1.54) is 19.3 Å². The SMILES string of the molecule is O=C(/C=C/c1cccs1)NCC(c1ccco1)N1CCCCC1. The van der Waals surface area contributed by atoms with E-state index < -0.39 is 0 Å². The Morgan fingerprint density at radius 2 is 2.17 bits per heavy atom. The predicted octanol–water partition coefficient (Wildman–Crippen LogP) is 3.70. The van der Waals surface area contributed by atoms with Gasteiger partial charge in [0.2, 0.25) is 5.91 Å². The van der Waals surface area contributed by atoms with E-state index in [1.807, 2.05) is 35.7 Å². The molecule has 0 radical (unpaired) electrons. The molecule has 1 aliphatic rings. The molecule has 0 bridgehead atoms. The molecule has 23 heavy (non-hydrogen) atoms. The van der Waals surface area contributed by atoms with E-state index in [0.717, 1.165) is 23.7 Å². The molecule has 1 N–H and O–H groups in total. The van der Waals surface area contributed by atoms with E-state index in [-0.39, 0.29) is 11.9 Å². The monoisotopic (exact) mass is 330 g/mol. The van der Waals surface area contributed by atoms with Gasteiger partial charge in [-0.1, -0.05) is 12.5 Å². The molecule has 122 valence electrons. The summed E-state index contributed by atoms with van der Waals surface area (Å²) < 4.78 is 5.59. The highest BCUT2D eigenvalue weighted by atomic mass is 32.1. The van der Waals surface area contributed by atoms with Gasteiger partial charge in [-0.15, -0.1) is 11.3 Å². The summed E-state index contributed by atoms with van der Waals surface area (Å²) in [6, 6.07) is 7.99. The molecule has 1 unspecified atom stereocenters. The number of rotatable bonds is 6. The van der Waals surface area contributed by atoms with Crippen LogP contribution in [0.1, 0.15) is 35.9 Å². The number of piperidine rings is 1. The third-order valence-electron chi connectivity index (χ3n) is 4.11. The maximum atomic E-state index is 12.1. The van der Waals surface area contributed by atoms with Gasteiger partial charge in [0.05, 0.1) is 12.3 Å². The maximum Gasteiger partial charge on any atom is 0.244 e. The molecule has 1 saturated heterocycles. The van der Waals surface area contributed by atoms with Crippen LogP contribution in [0.2, 0.25) is 0 Å². The summed E-state index contributed by atoms with van der Waals surface area (Å²) in [6.07, 6.45) is 8.86. The van der Waals surface area contributed by atoms with Crippen LogP contribution in [0.5, 0.6) is 0 Å². The zero-order chi connectivity index (χ0) is 15.9. The lowest BCUT2D eigenvalue weighted by Crippen LogP contribution is -2.40. The largest absolute Gasteiger partial charge is 0.468 e. The first kappa shape index (κ1) is 16.0. The van der Waals surface area contributed by atoms with Crippen molar-refractivity contribution in [2.24, 2.45) is 0 Å². The Kier molecular flexibility index (Phi) is 5.66. The molecule has 3 heterocycles. The minimum absolute atomic E-state index is 0.0630. The molecule has 1 atom stereocenters. The number of furan rings is 1. The van der Waals surface area contributed by atoms with Crippen LogP contribution in [0, 0.1) is 0 Å². The number of hydrogen-bond donors (Lipinski definition) is 1. The van der Waals surface area contributed by atoms with Gasteiger partial charge in [-0.05, 0) is 55.6 Å². The van der Waals surface area contributed by atoms with E-state index >= 15 is 0 Å². The molecule has 0 spiro atoms. The van der Waals surface area contributed by atoms with E-state index in [0.29, 0.717) is 6.54 Å². The van der Waals surface area contributed by atoms with Crippen molar-refractivity contribution in [3.63, 3.8) is 0 Å². The molecule has 5 heteroatoms. The fourth-order valence-electron chi connectivity index (χ4n) is 2.92. The van der Waals surface area contributed by atoms with Crippen molar-refractivity contribution in [3.8, 4) is 0 Å². The number of amides is 1. The summed E-state index contributed by atoms with van der Waals surface area (Å²) in [7, 11) is 0. The third kappa shape index (κ3) is 4.56. The number of carbonyl (C=O) groups excluding carboxylic acids is 1. The second kappa shape index (κ2) is 8.13. The molecular weight excluding hydrogens is 308 g/mol. The molecule has 4 nitrogen and oxygen atoms in total. The summed E-state index contributed by atoms with van der Waals surface area (Å²) in [4.78, 5) is 15.5. The quantitative estimate of drug-likeness (QED) is 0.822. The summed E-state index contributed by atoms with van der Waals surface area (Å²) in [6.45, 7) is 2.69. The molecule has 3 rings (SSSR count). The van der Waals surface area contributed by atoms with Gasteiger partial charge in [0, 0.05) is 17.5 Å². The third-order valence-corrected chi connectivity index (χ3v) is 4.95. The van der Waals surface area contributed by atoms with Gasteiger partial charge in [0.1, 0.15) is 5.76 Å². The Bertz CT molecular complexity index is 614. The van der Waals surface area contributed by atoms with Crippen molar-refractivity contribution < 1.29 is 9.21 Å². The highest BCUT2D eigenvalue weighted by Crippen LogP contribution is 2.24. The Morgan fingerprint density at radius 1 is 1.30 bits per heavy atom. The Hall–Kier alpha value is -1.85. The average molecular weight is 330 g/mol. The van der Waals surface area contributed by atoms with E-state index in [2.05, 4.69) is 10.2 Å². The normalized spacial score (nSPS) is 17.4. The van der Waals surface area contributed by atoms with Gasteiger partial charge in [-0.3, -0.25) is 9.69 Å². The second-order valence-corrected chi connectivity index (χ2v) is 6.70. The van der Waals surface area contributed by atoms with Crippen LogP contribution >= 0.6 is 11.3 Å². The van der Waals surface area contributed by atoms with E-state index in [4.69, 9.17) is 4.42 Å². The summed E-state index contributed by atoms with van der Waals surface area (Å²) >= 11 is 1.62. The summed E-state index contributed by atoms with van der Waals surface area (Å²) in [5, 5.41) is 5.01. The van der Waals surface area contributed by atoms with Crippen molar-refractivity contribution in [2.75, 3.05) is 19.6 Å². The zero-order valence-corrected chi connectivity index (χ0v) is 13.9. The summed E-state index contributed by atoms with van der Waals surface area (Å²) in [5.41, 5.74) is 0. The fraction of sp³-hybridized carbons (Fsp3) is 0.389. The van der Waals surface area contributed by atoms with Gasteiger partial charge in [-0.25, -0.2) is 0 Å². The van der Waals surface area contributed by atoms with Crippen molar-refractivity contribution in [3.05, 3.63) is 52.6 Å².